The van der Waals surface area contributed by atoms with Crippen molar-refractivity contribution in [3.05, 3.63) is 34.6 Å². The van der Waals surface area contributed by atoms with Gasteiger partial charge in [0, 0.05) is 11.0 Å². The zero-order valence-electron chi connectivity index (χ0n) is 11.6. The van der Waals surface area contributed by atoms with Gasteiger partial charge < -0.3 is 14.8 Å². The average Bonchev–Trinajstić information content (AvgIpc) is 2.44. The molecule has 0 saturated carbocycles. The third kappa shape index (κ3) is 3.19. The van der Waals surface area contributed by atoms with Crippen LogP contribution in [0.25, 0.3) is 0 Å². The molecule has 0 saturated heterocycles. The van der Waals surface area contributed by atoms with Crippen LogP contribution in [0.4, 0.5) is 5.82 Å². The number of halogens is 1. The van der Waals surface area contributed by atoms with Gasteiger partial charge in [-0.25, -0.2) is 4.98 Å². The number of rotatable bonds is 5. The average molecular weight is 338 g/mol. The molecular formula is C14H16BrN3O2. The lowest BCUT2D eigenvalue weighted by Gasteiger charge is -2.13. The highest BCUT2D eigenvalue weighted by Gasteiger charge is 2.14. The predicted molar refractivity (Wildman–Crippen MR) is 81.7 cm³/mol. The molecule has 106 valence electrons. The van der Waals surface area contributed by atoms with E-state index in [9.17, 15) is 0 Å². The van der Waals surface area contributed by atoms with E-state index in [2.05, 4.69) is 31.2 Å². The van der Waals surface area contributed by atoms with E-state index in [0.29, 0.717) is 23.2 Å². The fourth-order valence-electron chi connectivity index (χ4n) is 1.70. The minimum atomic E-state index is 0.389. The second kappa shape index (κ2) is 6.56. The van der Waals surface area contributed by atoms with Crippen molar-refractivity contribution in [2.75, 3.05) is 19.0 Å². The molecule has 0 aliphatic carbocycles. The van der Waals surface area contributed by atoms with Gasteiger partial charge in [-0.15, -0.1) is 0 Å². The molecule has 0 radical (unpaired) electrons. The summed E-state index contributed by atoms with van der Waals surface area (Å²) in [6.07, 6.45) is 1.45. The van der Waals surface area contributed by atoms with Crippen LogP contribution < -0.4 is 14.8 Å². The van der Waals surface area contributed by atoms with Crippen molar-refractivity contribution in [2.45, 2.75) is 13.8 Å². The molecule has 1 aromatic heterocycles. The van der Waals surface area contributed by atoms with Crippen LogP contribution in [-0.4, -0.2) is 23.6 Å². The van der Waals surface area contributed by atoms with Crippen LogP contribution in [0.3, 0.4) is 0 Å². The number of nitrogens with one attached hydrogen (secondary N) is 1. The highest BCUT2D eigenvalue weighted by molar-refractivity contribution is 9.10. The van der Waals surface area contributed by atoms with E-state index in [1.807, 2.05) is 32.0 Å². The molecule has 0 aliphatic rings. The molecule has 0 fully saturated rings. The largest absolute Gasteiger partial charge is 0.489 e. The van der Waals surface area contributed by atoms with E-state index in [0.717, 1.165) is 16.6 Å². The lowest BCUT2D eigenvalue weighted by molar-refractivity contribution is 0.369. The first-order chi connectivity index (χ1) is 9.65. The van der Waals surface area contributed by atoms with Crippen LogP contribution in [-0.2, 0) is 0 Å². The number of methoxy groups -OCH3 is 1. The van der Waals surface area contributed by atoms with Crippen LogP contribution in [0.15, 0.2) is 29.0 Å². The summed E-state index contributed by atoms with van der Waals surface area (Å²) in [6.45, 7) is 4.72. The number of ether oxygens (including phenoxy) is 2. The van der Waals surface area contributed by atoms with Crippen molar-refractivity contribution < 1.29 is 9.47 Å². The van der Waals surface area contributed by atoms with Crippen LogP contribution in [0, 0.1) is 6.92 Å². The van der Waals surface area contributed by atoms with Crippen molar-refractivity contribution in [3.63, 3.8) is 0 Å². The lowest BCUT2D eigenvalue weighted by atomic mass is 10.2. The first-order valence-electron chi connectivity index (χ1n) is 6.22. The normalized spacial score (nSPS) is 10.2. The van der Waals surface area contributed by atoms with Gasteiger partial charge in [0.15, 0.2) is 5.82 Å². The molecule has 1 N–H and O–H groups in total. The molecule has 1 aromatic carbocycles. The summed E-state index contributed by atoms with van der Waals surface area (Å²) in [4.78, 5) is 8.27. The number of hydrogen-bond donors (Lipinski definition) is 1. The highest BCUT2D eigenvalue weighted by Crippen LogP contribution is 2.34. The molecule has 0 amide bonds. The van der Waals surface area contributed by atoms with E-state index >= 15 is 0 Å². The topological polar surface area (TPSA) is 56.3 Å². The van der Waals surface area contributed by atoms with E-state index in [1.165, 1.54) is 6.33 Å². The maximum Gasteiger partial charge on any atom is 0.268 e. The van der Waals surface area contributed by atoms with Gasteiger partial charge in [-0.1, -0.05) is 15.9 Å². The van der Waals surface area contributed by atoms with Gasteiger partial charge >= 0.3 is 0 Å². The number of anilines is 1. The number of hydrogen-bond acceptors (Lipinski definition) is 5. The Morgan fingerprint density at radius 2 is 2.10 bits per heavy atom. The second-order valence-electron chi connectivity index (χ2n) is 4.10. The Morgan fingerprint density at radius 3 is 2.75 bits per heavy atom. The zero-order valence-corrected chi connectivity index (χ0v) is 13.2. The van der Waals surface area contributed by atoms with Crippen molar-refractivity contribution in [2.24, 2.45) is 0 Å². The number of benzene rings is 1. The molecule has 6 heteroatoms. The fraction of sp³-hybridized carbons (Fsp3) is 0.286. The molecule has 2 aromatic rings. The summed E-state index contributed by atoms with van der Waals surface area (Å²) >= 11 is 3.46. The molecule has 0 bridgehead atoms. The minimum Gasteiger partial charge on any atom is -0.489 e. The fourth-order valence-corrected chi connectivity index (χ4v) is 1.95. The van der Waals surface area contributed by atoms with Gasteiger partial charge in [0.1, 0.15) is 12.1 Å². The van der Waals surface area contributed by atoms with Gasteiger partial charge in [-0.2, -0.15) is 4.98 Å². The third-order valence-electron chi connectivity index (χ3n) is 2.66. The number of nitrogens with zero attached hydrogens (tertiary/aromatic N) is 2. The summed E-state index contributed by atoms with van der Waals surface area (Å²) in [7, 11) is 1.57. The molecule has 1 heterocycles. The maximum atomic E-state index is 5.79. The van der Waals surface area contributed by atoms with E-state index in [-0.39, 0.29) is 0 Å². The summed E-state index contributed by atoms with van der Waals surface area (Å²) < 4.78 is 12.2. The van der Waals surface area contributed by atoms with Crippen molar-refractivity contribution in [1.29, 1.82) is 0 Å². The quantitative estimate of drug-likeness (QED) is 0.899. The third-order valence-corrected chi connectivity index (χ3v) is 3.55. The Bertz CT molecular complexity index is 605. The first kappa shape index (κ1) is 14.6. The molecule has 0 atom stereocenters. The molecule has 2 rings (SSSR count). The van der Waals surface area contributed by atoms with E-state index in [4.69, 9.17) is 9.47 Å². The van der Waals surface area contributed by atoms with Crippen LogP contribution in [0.2, 0.25) is 0 Å². The standard InChI is InChI=1S/C14H16BrN3O2/c1-4-16-13-12(19-3)14(18-8-17-13)20-10-5-6-11(15)9(2)7-10/h5-8H,4H2,1-3H3,(H,16,17,18). The molecular weight excluding hydrogens is 322 g/mol. The Morgan fingerprint density at radius 1 is 1.30 bits per heavy atom. The van der Waals surface area contributed by atoms with Crippen LogP contribution in [0.1, 0.15) is 12.5 Å². The Kier molecular flexibility index (Phi) is 4.79. The number of aromatic nitrogens is 2. The van der Waals surface area contributed by atoms with E-state index < -0.39 is 0 Å². The summed E-state index contributed by atoms with van der Waals surface area (Å²) in [6, 6.07) is 5.73. The van der Waals surface area contributed by atoms with Gasteiger partial charge in [0.05, 0.1) is 7.11 Å². The lowest BCUT2D eigenvalue weighted by Crippen LogP contribution is -2.04. The SMILES string of the molecule is CCNc1ncnc(Oc2ccc(Br)c(C)c2)c1OC. The Balaban J connectivity index is 2.32. The number of aryl methyl sites for hydroxylation is 1. The van der Waals surface area contributed by atoms with Gasteiger partial charge in [0.25, 0.3) is 5.88 Å². The van der Waals surface area contributed by atoms with Gasteiger partial charge in [0.2, 0.25) is 5.75 Å². The zero-order chi connectivity index (χ0) is 14.5. The predicted octanol–water partition coefficient (Wildman–Crippen LogP) is 3.78. The monoisotopic (exact) mass is 337 g/mol. The van der Waals surface area contributed by atoms with Crippen LogP contribution >= 0.6 is 15.9 Å². The summed E-state index contributed by atoms with van der Waals surface area (Å²) in [5.41, 5.74) is 1.09. The highest BCUT2D eigenvalue weighted by atomic mass is 79.9. The Labute approximate surface area is 126 Å². The molecule has 0 unspecified atom stereocenters. The first-order valence-corrected chi connectivity index (χ1v) is 7.01. The summed E-state index contributed by atoms with van der Waals surface area (Å²) in [5, 5.41) is 3.11. The van der Waals surface area contributed by atoms with E-state index in [1.54, 1.807) is 7.11 Å². The maximum absolute atomic E-state index is 5.79. The minimum absolute atomic E-state index is 0.389. The van der Waals surface area contributed by atoms with Crippen LogP contribution in [0.5, 0.6) is 17.4 Å². The molecule has 0 spiro atoms. The van der Waals surface area contributed by atoms with Crippen molar-refractivity contribution in [3.8, 4) is 17.4 Å². The van der Waals surface area contributed by atoms with Gasteiger partial charge in [-0.3, -0.25) is 0 Å². The van der Waals surface area contributed by atoms with Crippen molar-refractivity contribution in [1.82, 2.24) is 9.97 Å². The molecule has 5 nitrogen and oxygen atoms in total. The van der Waals surface area contributed by atoms with Crippen molar-refractivity contribution >= 4 is 21.7 Å². The van der Waals surface area contributed by atoms with Gasteiger partial charge in [-0.05, 0) is 37.6 Å². The smallest absolute Gasteiger partial charge is 0.268 e. The molecule has 0 aliphatic heterocycles. The molecule has 20 heavy (non-hydrogen) atoms. The Hall–Kier alpha value is -1.82. The second-order valence-corrected chi connectivity index (χ2v) is 4.96. The summed E-state index contributed by atoms with van der Waals surface area (Å²) in [5.74, 6) is 2.20.